The molecule has 0 aliphatic heterocycles. The zero-order valence-corrected chi connectivity index (χ0v) is 15.2. The third-order valence-electron chi connectivity index (χ3n) is 4.61. The second kappa shape index (κ2) is 7.90. The van der Waals surface area contributed by atoms with E-state index in [4.69, 9.17) is 10.6 Å². The lowest BCUT2D eigenvalue weighted by Crippen LogP contribution is -2.57. The maximum absolute atomic E-state index is 6.25. The summed E-state index contributed by atoms with van der Waals surface area (Å²) >= 11 is 2.34. The Bertz CT molecular complexity index is 433. The van der Waals surface area contributed by atoms with E-state index in [9.17, 15) is 0 Å². The number of nitrogens with two attached hydrogens (primary N) is 1. The molecule has 0 aromatic heterocycles. The Morgan fingerprint density at radius 2 is 2.14 bits per heavy atom. The first-order chi connectivity index (χ1) is 10.1. The van der Waals surface area contributed by atoms with E-state index in [2.05, 4.69) is 66.1 Å². The van der Waals surface area contributed by atoms with Gasteiger partial charge in [-0.25, -0.2) is 0 Å². The standard InChI is InChI=1S/C17H27IN2O/c1-3-21-17(10-4-5-13(2)12-17)16(20-19)11-14-6-8-15(18)9-7-14/h6-9,13,16,20H,3-5,10-12,19H2,1-2H3. The van der Waals surface area contributed by atoms with Crippen LogP contribution in [0.15, 0.2) is 24.3 Å². The van der Waals surface area contributed by atoms with Crippen LogP contribution in [-0.2, 0) is 11.2 Å². The normalized spacial score (nSPS) is 27.5. The SMILES string of the molecule is CCOC1(C(Cc2ccc(I)cc2)NN)CCCC(C)C1. The van der Waals surface area contributed by atoms with Crippen LogP contribution in [0, 0.1) is 9.49 Å². The van der Waals surface area contributed by atoms with Crippen molar-refractivity contribution in [3.63, 3.8) is 0 Å². The highest BCUT2D eigenvalue weighted by Crippen LogP contribution is 2.38. The zero-order chi connectivity index (χ0) is 15.3. The number of hydrazine groups is 1. The van der Waals surface area contributed by atoms with E-state index in [1.165, 1.54) is 22.0 Å². The number of nitrogens with one attached hydrogen (secondary N) is 1. The van der Waals surface area contributed by atoms with Crippen LogP contribution in [0.5, 0.6) is 0 Å². The Kier molecular flexibility index (Phi) is 6.47. The van der Waals surface area contributed by atoms with Crippen molar-refractivity contribution in [3.05, 3.63) is 33.4 Å². The van der Waals surface area contributed by atoms with Crippen molar-refractivity contribution < 1.29 is 4.74 Å². The maximum Gasteiger partial charge on any atom is 0.0853 e. The molecule has 2 rings (SSSR count). The van der Waals surface area contributed by atoms with Gasteiger partial charge in [0.05, 0.1) is 11.6 Å². The zero-order valence-electron chi connectivity index (χ0n) is 13.1. The van der Waals surface area contributed by atoms with Crippen molar-refractivity contribution in [3.8, 4) is 0 Å². The molecule has 3 atom stereocenters. The number of hydrogen-bond acceptors (Lipinski definition) is 3. The van der Waals surface area contributed by atoms with Crippen LogP contribution in [0.3, 0.4) is 0 Å². The summed E-state index contributed by atoms with van der Waals surface area (Å²) in [4.78, 5) is 0. The molecule has 4 heteroatoms. The van der Waals surface area contributed by atoms with Gasteiger partial charge in [-0.1, -0.05) is 31.9 Å². The summed E-state index contributed by atoms with van der Waals surface area (Å²) in [6.45, 7) is 5.16. The fourth-order valence-corrected chi connectivity index (χ4v) is 3.99. The van der Waals surface area contributed by atoms with Crippen LogP contribution in [-0.4, -0.2) is 18.2 Å². The molecule has 3 unspecified atom stereocenters. The van der Waals surface area contributed by atoms with Crippen LogP contribution < -0.4 is 11.3 Å². The molecule has 0 bridgehead atoms. The van der Waals surface area contributed by atoms with E-state index in [-0.39, 0.29) is 11.6 Å². The summed E-state index contributed by atoms with van der Waals surface area (Å²) in [5.41, 5.74) is 4.25. The van der Waals surface area contributed by atoms with Gasteiger partial charge in [0.25, 0.3) is 0 Å². The van der Waals surface area contributed by atoms with Crippen LogP contribution in [0.1, 0.15) is 45.1 Å². The quantitative estimate of drug-likeness (QED) is 0.434. The van der Waals surface area contributed by atoms with Crippen molar-refractivity contribution in [2.75, 3.05) is 6.61 Å². The molecule has 1 aliphatic rings. The number of hydrogen-bond donors (Lipinski definition) is 2. The monoisotopic (exact) mass is 402 g/mol. The molecule has 118 valence electrons. The van der Waals surface area contributed by atoms with E-state index in [1.54, 1.807) is 0 Å². The third-order valence-corrected chi connectivity index (χ3v) is 5.33. The predicted octanol–water partition coefficient (Wildman–Crippen LogP) is 3.65. The molecule has 0 spiro atoms. The minimum Gasteiger partial charge on any atom is -0.374 e. The van der Waals surface area contributed by atoms with E-state index < -0.39 is 0 Å². The van der Waals surface area contributed by atoms with Crippen molar-refractivity contribution in [2.24, 2.45) is 11.8 Å². The minimum atomic E-state index is -0.121. The molecule has 0 amide bonds. The van der Waals surface area contributed by atoms with Gasteiger partial charge in [0.15, 0.2) is 0 Å². The summed E-state index contributed by atoms with van der Waals surface area (Å²) in [6.07, 6.45) is 5.65. The molecule has 1 aromatic carbocycles. The lowest BCUT2D eigenvalue weighted by molar-refractivity contribution is -0.100. The van der Waals surface area contributed by atoms with E-state index in [0.717, 1.165) is 25.9 Å². The van der Waals surface area contributed by atoms with Gasteiger partial charge in [0, 0.05) is 10.2 Å². The minimum absolute atomic E-state index is 0.121. The van der Waals surface area contributed by atoms with Gasteiger partial charge in [-0.2, -0.15) is 0 Å². The first-order valence-electron chi connectivity index (χ1n) is 7.94. The average molecular weight is 402 g/mol. The summed E-state index contributed by atoms with van der Waals surface area (Å²) < 4.78 is 7.51. The highest BCUT2D eigenvalue weighted by molar-refractivity contribution is 14.1. The summed E-state index contributed by atoms with van der Waals surface area (Å²) in [5.74, 6) is 6.62. The largest absolute Gasteiger partial charge is 0.374 e. The Hall–Kier alpha value is -0.170. The predicted molar refractivity (Wildman–Crippen MR) is 96.0 cm³/mol. The molecular weight excluding hydrogens is 375 g/mol. The molecule has 0 saturated heterocycles. The second-order valence-corrected chi connectivity index (χ2v) is 7.49. The van der Waals surface area contributed by atoms with Crippen molar-refractivity contribution in [1.82, 2.24) is 5.43 Å². The van der Waals surface area contributed by atoms with E-state index in [1.807, 2.05) is 0 Å². The Morgan fingerprint density at radius 1 is 1.43 bits per heavy atom. The van der Waals surface area contributed by atoms with E-state index >= 15 is 0 Å². The molecule has 1 fully saturated rings. The smallest absolute Gasteiger partial charge is 0.0853 e. The number of ether oxygens (including phenoxy) is 1. The molecule has 21 heavy (non-hydrogen) atoms. The third kappa shape index (κ3) is 4.41. The lowest BCUT2D eigenvalue weighted by Gasteiger charge is -2.45. The van der Waals surface area contributed by atoms with Gasteiger partial charge in [-0.3, -0.25) is 11.3 Å². The molecule has 0 heterocycles. The van der Waals surface area contributed by atoms with Crippen molar-refractivity contribution in [2.45, 2.75) is 57.6 Å². The molecule has 0 radical (unpaired) electrons. The van der Waals surface area contributed by atoms with Crippen LogP contribution >= 0.6 is 22.6 Å². The molecular formula is C17H27IN2O. The van der Waals surface area contributed by atoms with Gasteiger partial charge >= 0.3 is 0 Å². The van der Waals surface area contributed by atoms with Gasteiger partial charge in [-0.05, 0) is 72.4 Å². The highest BCUT2D eigenvalue weighted by Gasteiger charge is 2.42. The number of halogens is 1. The second-order valence-electron chi connectivity index (χ2n) is 6.25. The number of rotatable bonds is 6. The van der Waals surface area contributed by atoms with Crippen LogP contribution in [0.25, 0.3) is 0 Å². The molecule has 1 saturated carbocycles. The molecule has 1 aromatic rings. The fourth-order valence-electron chi connectivity index (χ4n) is 3.63. The highest BCUT2D eigenvalue weighted by atomic mass is 127. The number of benzene rings is 1. The van der Waals surface area contributed by atoms with Gasteiger partial charge < -0.3 is 4.74 Å². The Morgan fingerprint density at radius 3 is 2.71 bits per heavy atom. The molecule has 3 nitrogen and oxygen atoms in total. The lowest BCUT2D eigenvalue weighted by atomic mass is 9.73. The first-order valence-corrected chi connectivity index (χ1v) is 9.02. The van der Waals surface area contributed by atoms with Crippen molar-refractivity contribution in [1.29, 1.82) is 0 Å². The van der Waals surface area contributed by atoms with E-state index in [0.29, 0.717) is 5.92 Å². The summed E-state index contributed by atoms with van der Waals surface area (Å²) in [7, 11) is 0. The van der Waals surface area contributed by atoms with Gasteiger partial charge in [-0.15, -0.1) is 0 Å². The fraction of sp³-hybridized carbons (Fsp3) is 0.647. The topological polar surface area (TPSA) is 47.3 Å². The van der Waals surface area contributed by atoms with Crippen molar-refractivity contribution >= 4 is 22.6 Å². The summed E-state index contributed by atoms with van der Waals surface area (Å²) in [6, 6.07) is 8.86. The summed E-state index contributed by atoms with van der Waals surface area (Å²) in [5, 5.41) is 0. The first kappa shape index (κ1) is 17.2. The molecule has 3 N–H and O–H groups in total. The van der Waals surface area contributed by atoms with Crippen LogP contribution in [0.4, 0.5) is 0 Å². The maximum atomic E-state index is 6.25. The van der Waals surface area contributed by atoms with Crippen LogP contribution in [0.2, 0.25) is 0 Å². The van der Waals surface area contributed by atoms with Gasteiger partial charge in [0.1, 0.15) is 0 Å². The Balaban J connectivity index is 2.17. The Labute approximate surface area is 142 Å². The average Bonchev–Trinajstić information content (AvgIpc) is 2.47. The molecule has 1 aliphatic carbocycles. The van der Waals surface area contributed by atoms with Gasteiger partial charge in [0.2, 0.25) is 0 Å².